The van der Waals surface area contributed by atoms with Crippen molar-refractivity contribution in [3.63, 3.8) is 0 Å². The van der Waals surface area contributed by atoms with Crippen LogP contribution >= 0.6 is 0 Å². The van der Waals surface area contributed by atoms with Crippen LogP contribution in [0.25, 0.3) is 11.0 Å². The molecule has 0 amide bonds. The number of carbonyl (C=O) groups excluding carboxylic acids is 1. The van der Waals surface area contributed by atoms with Gasteiger partial charge in [-0.1, -0.05) is 24.3 Å². The second kappa shape index (κ2) is 8.52. The Bertz CT molecular complexity index is 1350. The van der Waals surface area contributed by atoms with E-state index in [9.17, 15) is 4.79 Å². The maximum absolute atomic E-state index is 13.4. The van der Waals surface area contributed by atoms with Crippen LogP contribution in [0.5, 0.6) is 0 Å². The molecule has 0 radical (unpaired) electrons. The van der Waals surface area contributed by atoms with Crippen LogP contribution in [0.3, 0.4) is 0 Å². The van der Waals surface area contributed by atoms with Crippen LogP contribution in [-0.4, -0.2) is 56.9 Å². The summed E-state index contributed by atoms with van der Waals surface area (Å²) >= 11 is 0. The number of anilines is 2. The molecule has 2 aliphatic rings. The fourth-order valence-electron chi connectivity index (χ4n) is 4.77. The number of aromatic nitrogens is 5. The predicted octanol–water partition coefficient (Wildman–Crippen LogP) is 3.57. The Morgan fingerprint density at radius 1 is 0.971 bits per heavy atom. The number of benzene rings is 1. The molecule has 6 rings (SSSR count). The summed E-state index contributed by atoms with van der Waals surface area (Å²) in [6, 6.07) is 9.82. The van der Waals surface area contributed by atoms with Gasteiger partial charge in [0.25, 0.3) is 0 Å². The molecule has 1 saturated carbocycles. The Morgan fingerprint density at radius 3 is 2.53 bits per heavy atom. The molecule has 1 N–H and O–H groups in total. The van der Waals surface area contributed by atoms with E-state index in [2.05, 4.69) is 40.8 Å². The van der Waals surface area contributed by atoms with E-state index in [4.69, 9.17) is 0 Å². The molecule has 1 aliphatic heterocycles. The number of rotatable bonds is 6. The van der Waals surface area contributed by atoms with Crippen molar-refractivity contribution in [3.05, 3.63) is 71.6 Å². The molecule has 0 atom stereocenters. The summed E-state index contributed by atoms with van der Waals surface area (Å²) < 4.78 is 0. The van der Waals surface area contributed by atoms with Gasteiger partial charge in [-0.15, -0.1) is 0 Å². The van der Waals surface area contributed by atoms with Crippen molar-refractivity contribution in [1.82, 2.24) is 24.9 Å². The molecule has 34 heavy (non-hydrogen) atoms. The molecule has 1 aromatic carbocycles. The van der Waals surface area contributed by atoms with Crippen molar-refractivity contribution in [2.24, 2.45) is 5.92 Å². The minimum atomic E-state index is -0.0109. The fourth-order valence-corrected chi connectivity index (χ4v) is 4.77. The zero-order chi connectivity index (χ0) is 23.1. The van der Waals surface area contributed by atoms with E-state index in [1.165, 1.54) is 12.8 Å². The van der Waals surface area contributed by atoms with E-state index < -0.39 is 0 Å². The maximum atomic E-state index is 13.4. The van der Waals surface area contributed by atoms with Crippen molar-refractivity contribution in [1.29, 1.82) is 0 Å². The van der Waals surface area contributed by atoms with Crippen LogP contribution in [0.2, 0.25) is 0 Å². The lowest BCUT2D eigenvalue weighted by molar-refractivity contribution is 0.103. The summed E-state index contributed by atoms with van der Waals surface area (Å²) in [5.41, 5.74) is 4.10. The van der Waals surface area contributed by atoms with E-state index in [1.54, 1.807) is 18.9 Å². The number of hydrogen-bond donors (Lipinski definition) is 1. The number of ketones is 1. The quantitative estimate of drug-likeness (QED) is 0.446. The van der Waals surface area contributed by atoms with E-state index in [-0.39, 0.29) is 5.78 Å². The van der Waals surface area contributed by atoms with Crippen LogP contribution < -0.4 is 9.80 Å². The van der Waals surface area contributed by atoms with Gasteiger partial charge in [-0.05, 0) is 37.7 Å². The molecule has 1 aliphatic carbocycles. The highest BCUT2D eigenvalue weighted by Crippen LogP contribution is 2.33. The summed E-state index contributed by atoms with van der Waals surface area (Å²) in [6.07, 6.45) is 8.71. The number of fused-ring (bicyclic) bond motifs is 1. The Balaban J connectivity index is 1.25. The first-order chi connectivity index (χ1) is 16.7. The second-order valence-corrected chi connectivity index (χ2v) is 9.26. The highest BCUT2D eigenvalue weighted by Gasteiger charge is 2.26. The third-order valence-corrected chi connectivity index (χ3v) is 6.89. The van der Waals surface area contributed by atoms with Crippen LogP contribution in [0.15, 0.2) is 49.2 Å². The third-order valence-electron chi connectivity index (χ3n) is 6.89. The number of H-pyrrole nitrogens is 1. The summed E-state index contributed by atoms with van der Waals surface area (Å²) in [6.45, 7) is 5.20. The first-order valence-electron chi connectivity index (χ1n) is 11.9. The number of hydrogen-bond acceptors (Lipinski definition) is 7. The SMILES string of the molecule is Cc1ccccc1C(=O)c1c[nH]c2ncnc(N3CCN(c4cc(CC5CC5)ncn4)CC3)c12. The average molecular weight is 454 g/mol. The molecule has 172 valence electrons. The van der Waals surface area contributed by atoms with Crippen LogP contribution in [-0.2, 0) is 6.42 Å². The maximum Gasteiger partial charge on any atom is 0.195 e. The molecule has 0 unspecified atom stereocenters. The monoisotopic (exact) mass is 453 g/mol. The minimum Gasteiger partial charge on any atom is -0.353 e. The molecule has 0 bridgehead atoms. The predicted molar refractivity (Wildman–Crippen MR) is 131 cm³/mol. The first-order valence-corrected chi connectivity index (χ1v) is 11.9. The number of nitrogens with zero attached hydrogens (tertiary/aromatic N) is 6. The average Bonchev–Trinajstić information content (AvgIpc) is 3.58. The third kappa shape index (κ3) is 3.89. The van der Waals surface area contributed by atoms with Gasteiger partial charge in [-0.2, -0.15) is 0 Å². The molecule has 1 saturated heterocycles. The van der Waals surface area contributed by atoms with Crippen molar-refractivity contribution >= 4 is 28.5 Å². The molecule has 8 heteroatoms. The van der Waals surface area contributed by atoms with Crippen LogP contribution in [0, 0.1) is 12.8 Å². The smallest absolute Gasteiger partial charge is 0.195 e. The molecular weight excluding hydrogens is 426 g/mol. The number of piperazine rings is 1. The van der Waals surface area contributed by atoms with Gasteiger partial charge in [0.2, 0.25) is 0 Å². The van der Waals surface area contributed by atoms with E-state index in [1.807, 2.05) is 31.2 Å². The molecule has 2 fully saturated rings. The summed E-state index contributed by atoms with van der Waals surface area (Å²) in [7, 11) is 0. The van der Waals surface area contributed by atoms with Crippen molar-refractivity contribution < 1.29 is 4.79 Å². The molecule has 3 aromatic heterocycles. The standard InChI is InChI=1S/C26H27N7O/c1-17-4-2-3-5-20(17)24(34)21-14-27-25-23(21)26(31-16-30-25)33-10-8-32(9-11-33)22-13-19(28-15-29-22)12-18-6-7-18/h2-5,13-16,18H,6-12H2,1H3,(H,27,30,31). The minimum absolute atomic E-state index is 0.0109. The topological polar surface area (TPSA) is 90.9 Å². The van der Waals surface area contributed by atoms with Crippen molar-refractivity contribution in [3.8, 4) is 0 Å². The van der Waals surface area contributed by atoms with Crippen LogP contribution in [0.4, 0.5) is 11.6 Å². The van der Waals surface area contributed by atoms with Gasteiger partial charge in [0.15, 0.2) is 5.78 Å². The van der Waals surface area contributed by atoms with Crippen molar-refractivity contribution in [2.45, 2.75) is 26.2 Å². The summed E-state index contributed by atoms with van der Waals surface area (Å²) in [5.74, 6) is 2.59. The van der Waals surface area contributed by atoms with Gasteiger partial charge in [0, 0.05) is 49.7 Å². The molecule has 0 spiro atoms. The molecular formula is C26H27N7O. The number of aryl methyl sites for hydroxylation is 1. The number of carbonyl (C=O) groups is 1. The Kier molecular flexibility index (Phi) is 5.20. The van der Waals surface area contributed by atoms with Gasteiger partial charge >= 0.3 is 0 Å². The molecule has 4 aromatic rings. The normalized spacial score (nSPS) is 16.3. The lowest BCUT2D eigenvalue weighted by Gasteiger charge is -2.36. The fraction of sp³-hybridized carbons (Fsp3) is 0.346. The van der Waals surface area contributed by atoms with Gasteiger partial charge in [-0.25, -0.2) is 19.9 Å². The van der Waals surface area contributed by atoms with Gasteiger partial charge in [0.1, 0.15) is 29.9 Å². The molecule has 8 nitrogen and oxygen atoms in total. The van der Waals surface area contributed by atoms with Gasteiger partial charge in [0.05, 0.1) is 10.9 Å². The summed E-state index contributed by atoms with van der Waals surface area (Å²) in [5, 5.41) is 0.790. The lowest BCUT2D eigenvalue weighted by Crippen LogP contribution is -2.47. The van der Waals surface area contributed by atoms with Gasteiger partial charge in [-0.3, -0.25) is 4.79 Å². The Hall–Kier alpha value is -3.81. The second-order valence-electron chi connectivity index (χ2n) is 9.26. The highest BCUT2D eigenvalue weighted by molar-refractivity contribution is 6.18. The number of nitrogens with one attached hydrogen (secondary N) is 1. The van der Waals surface area contributed by atoms with Crippen molar-refractivity contribution in [2.75, 3.05) is 36.0 Å². The lowest BCUT2D eigenvalue weighted by atomic mass is 9.99. The van der Waals surface area contributed by atoms with E-state index in [0.29, 0.717) is 16.8 Å². The van der Waals surface area contributed by atoms with E-state index >= 15 is 0 Å². The first kappa shape index (κ1) is 20.8. The Labute approximate surface area is 198 Å². The zero-order valence-electron chi connectivity index (χ0n) is 19.2. The zero-order valence-corrected chi connectivity index (χ0v) is 19.2. The Morgan fingerprint density at radius 2 is 1.74 bits per heavy atom. The summed E-state index contributed by atoms with van der Waals surface area (Å²) in [4.78, 5) is 39.1. The van der Waals surface area contributed by atoms with Crippen LogP contribution in [0.1, 0.15) is 40.0 Å². The van der Waals surface area contributed by atoms with E-state index in [0.717, 1.165) is 66.8 Å². The largest absolute Gasteiger partial charge is 0.353 e. The van der Waals surface area contributed by atoms with Gasteiger partial charge < -0.3 is 14.8 Å². The number of aromatic amines is 1. The highest BCUT2D eigenvalue weighted by atomic mass is 16.1. The molecule has 4 heterocycles.